The van der Waals surface area contributed by atoms with Crippen LogP contribution in [0.2, 0.25) is 0 Å². The van der Waals surface area contributed by atoms with E-state index in [1.165, 1.54) is 12.4 Å². The molecule has 3 heteroatoms. The summed E-state index contributed by atoms with van der Waals surface area (Å²) in [6.45, 7) is 3.35. The van der Waals surface area contributed by atoms with E-state index in [4.69, 9.17) is 11.5 Å². The second-order valence-electron chi connectivity index (χ2n) is 1.03. The number of nitrogens with two attached hydrogens (primary N) is 2. The first-order chi connectivity index (χ1) is 3.27. The van der Waals surface area contributed by atoms with Crippen molar-refractivity contribution in [3.05, 3.63) is 24.8 Å². The first-order valence-electron chi connectivity index (χ1n) is 1.85. The Kier molecular flexibility index (Phi) is 2.59. The van der Waals surface area contributed by atoms with Crippen molar-refractivity contribution in [1.29, 1.82) is 0 Å². The second-order valence-corrected chi connectivity index (χ2v) is 1.03. The fourth-order valence-corrected chi connectivity index (χ4v) is 0.155. The van der Waals surface area contributed by atoms with Gasteiger partial charge in [0.2, 0.25) is 0 Å². The molecule has 0 fully saturated rings. The van der Waals surface area contributed by atoms with Gasteiger partial charge < -0.3 is 16.8 Å². The maximum Gasteiger partial charge on any atom is 0.0926 e. The topological polar surface area (TPSA) is 64.1 Å². The molecule has 40 valence electrons. The predicted octanol–water partition coefficient (Wildman–Crippen LogP) is -0.564. The monoisotopic (exact) mass is 99.1 g/mol. The van der Waals surface area contributed by atoms with E-state index < -0.39 is 0 Å². The predicted molar refractivity (Wildman–Crippen MR) is 29.8 cm³/mol. The van der Waals surface area contributed by atoms with Crippen LogP contribution in [0.25, 0.3) is 0 Å². The number of hydrogen-bond acceptors (Lipinski definition) is 3. The standard InChI is InChI=1S/C4H9N3/c1-4(6)7-3-2-5/h2-3,7H,1,5-6H2/b3-2-. The summed E-state index contributed by atoms with van der Waals surface area (Å²) in [7, 11) is 0. The molecule has 3 nitrogen and oxygen atoms in total. The fourth-order valence-electron chi connectivity index (χ4n) is 0.155. The lowest BCUT2D eigenvalue weighted by Gasteiger charge is -1.92. The van der Waals surface area contributed by atoms with E-state index in [1.807, 2.05) is 0 Å². The Hall–Kier alpha value is -1.12. The van der Waals surface area contributed by atoms with Crippen molar-refractivity contribution in [1.82, 2.24) is 5.32 Å². The maximum absolute atomic E-state index is 5.07. The van der Waals surface area contributed by atoms with Crippen LogP contribution in [-0.4, -0.2) is 0 Å². The molecule has 0 saturated carbocycles. The lowest BCUT2D eigenvalue weighted by Crippen LogP contribution is -2.11. The van der Waals surface area contributed by atoms with Gasteiger partial charge in [0.25, 0.3) is 0 Å². The van der Waals surface area contributed by atoms with Gasteiger partial charge in [0.05, 0.1) is 5.82 Å². The van der Waals surface area contributed by atoms with E-state index in [1.54, 1.807) is 0 Å². The molecule has 0 unspecified atom stereocenters. The summed E-state index contributed by atoms with van der Waals surface area (Å²) in [5.41, 5.74) is 10.0. The molecule has 0 atom stereocenters. The van der Waals surface area contributed by atoms with E-state index in [-0.39, 0.29) is 0 Å². The van der Waals surface area contributed by atoms with Crippen molar-refractivity contribution in [3.63, 3.8) is 0 Å². The average Bonchev–Trinajstić information content (AvgIpc) is 1.61. The molecule has 0 aromatic heterocycles. The van der Waals surface area contributed by atoms with E-state index in [0.717, 1.165) is 0 Å². The quantitative estimate of drug-likeness (QED) is 0.434. The van der Waals surface area contributed by atoms with Gasteiger partial charge >= 0.3 is 0 Å². The summed E-state index contributed by atoms with van der Waals surface area (Å²) < 4.78 is 0. The van der Waals surface area contributed by atoms with Crippen molar-refractivity contribution < 1.29 is 0 Å². The minimum absolute atomic E-state index is 0.390. The van der Waals surface area contributed by atoms with Gasteiger partial charge in [-0.2, -0.15) is 0 Å². The second kappa shape index (κ2) is 3.08. The van der Waals surface area contributed by atoms with E-state index in [0.29, 0.717) is 5.82 Å². The van der Waals surface area contributed by atoms with Crippen LogP contribution in [0.3, 0.4) is 0 Å². The largest absolute Gasteiger partial charge is 0.403 e. The zero-order valence-electron chi connectivity index (χ0n) is 4.02. The highest BCUT2D eigenvalue weighted by Crippen LogP contribution is 1.62. The molecule has 0 aromatic rings. The van der Waals surface area contributed by atoms with Gasteiger partial charge in [0, 0.05) is 12.4 Å². The SMILES string of the molecule is C=C(N)N/C=C\N. The smallest absolute Gasteiger partial charge is 0.0926 e. The Bertz CT molecular complexity index is 84.9. The molecular weight excluding hydrogens is 90.1 g/mol. The van der Waals surface area contributed by atoms with Gasteiger partial charge in [0.1, 0.15) is 0 Å². The first-order valence-corrected chi connectivity index (χ1v) is 1.85. The average molecular weight is 99.1 g/mol. The van der Waals surface area contributed by atoms with Crippen molar-refractivity contribution in [3.8, 4) is 0 Å². The summed E-state index contributed by atoms with van der Waals surface area (Å²) in [6, 6.07) is 0. The highest BCUT2D eigenvalue weighted by atomic mass is 15.0. The third-order valence-corrected chi connectivity index (χ3v) is 0.365. The van der Waals surface area contributed by atoms with Crippen LogP contribution in [0, 0.1) is 0 Å². The molecule has 0 radical (unpaired) electrons. The Labute approximate surface area is 42.7 Å². The number of nitrogens with one attached hydrogen (secondary N) is 1. The van der Waals surface area contributed by atoms with Crippen molar-refractivity contribution in [2.45, 2.75) is 0 Å². The lowest BCUT2D eigenvalue weighted by atomic mass is 10.8. The van der Waals surface area contributed by atoms with Crippen LogP contribution >= 0.6 is 0 Å². The van der Waals surface area contributed by atoms with Crippen LogP contribution in [-0.2, 0) is 0 Å². The summed E-state index contributed by atoms with van der Waals surface area (Å²) >= 11 is 0. The molecule has 0 heterocycles. The van der Waals surface area contributed by atoms with Crippen LogP contribution in [0.4, 0.5) is 0 Å². The number of hydrogen-bond donors (Lipinski definition) is 3. The van der Waals surface area contributed by atoms with Crippen LogP contribution < -0.4 is 16.8 Å². The molecule has 0 saturated heterocycles. The summed E-state index contributed by atoms with van der Waals surface area (Å²) in [4.78, 5) is 0. The van der Waals surface area contributed by atoms with E-state index >= 15 is 0 Å². The molecule has 0 aromatic carbocycles. The van der Waals surface area contributed by atoms with Gasteiger partial charge in [-0.25, -0.2) is 0 Å². The molecule has 0 aliphatic rings. The van der Waals surface area contributed by atoms with Crippen molar-refractivity contribution in [2.75, 3.05) is 0 Å². The fraction of sp³-hybridized carbons (Fsp3) is 0. The van der Waals surface area contributed by atoms with Gasteiger partial charge in [0.15, 0.2) is 0 Å². The highest BCUT2D eigenvalue weighted by molar-refractivity contribution is 4.89. The Morgan fingerprint density at radius 2 is 2.29 bits per heavy atom. The van der Waals surface area contributed by atoms with E-state index in [2.05, 4.69) is 11.9 Å². The lowest BCUT2D eigenvalue weighted by molar-refractivity contribution is 1.03. The molecular formula is C4H9N3. The van der Waals surface area contributed by atoms with Crippen LogP contribution in [0.5, 0.6) is 0 Å². The Morgan fingerprint density at radius 3 is 2.43 bits per heavy atom. The molecule has 0 aliphatic carbocycles. The van der Waals surface area contributed by atoms with Gasteiger partial charge in [-0.1, -0.05) is 6.58 Å². The van der Waals surface area contributed by atoms with Crippen LogP contribution in [0.1, 0.15) is 0 Å². The van der Waals surface area contributed by atoms with Gasteiger partial charge in [-0.05, 0) is 0 Å². The zero-order valence-corrected chi connectivity index (χ0v) is 4.02. The molecule has 7 heavy (non-hydrogen) atoms. The van der Waals surface area contributed by atoms with Crippen molar-refractivity contribution in [2.24, 2.45) is 11.5 Å². The molecule has 0 amide bonds. The Balaban J connectivity index is 3.14. The van der Waals surface area contributed by atoms with Crippen LogP contribution in [0.15, 0.2) is 24.8 Å². The Morgan fingerprint density at radius 1 is 1.71 bits per heavy atom. The minimum Gasteiger partial charge on any atom is -0.403 e. The number of rotatable bonds is 2. The molecule has 0 spiro atoms. The zero-order chi connectivity index (χ0) is 5.70. The first kappa shape index (κ1) is 5.88. The summed E-state index contributed by atoms with van der Waals surface area (Å²) in [5, 5.41) is 2.57. The third kappa shape index (κ3) is 4.88. The summed E-state index contributed by atoms with van der Waals surface area (Å²) in [5.74, 6) is 0.390. The highest BCUT2D eigenvalue weighted by Gasteiger charge is 1.68. The molecule has 5 N–H and O–H groups in total. The normalized spacial score (nSPS) is 9.14. The van der Waals surface area contributed by atoms with Gasteiger partial charge in [-0.3, -0.25) is 0 Å². The minimum atomic E-state index is 0.390. The maximum atomic E-state index is 5.07. The van der Waals surface area contributed by atoms with E-state index in [9.17, 15) is 0 Å². The summed E-state index contributed by atoms with van der Waals surface area (Å²) in [6.07, 6.45) is 2.85. The molecule has 0 aliphatic heterocycles. The molecule has 0 bridgehead atoms. The third-order valence-electron chi connectivity index (χ3n) is 0.365. The molecule has 0 rings (SSSR count). The van der Waals surface area contributed by atoms with Crippen molar-refractivity contribution >= 4 is 0 Å². The van der Waals surface area contributed by atoms with Gasteiger partial charge in [-0.15, -0.1) is 0 Å².